The molecule has 0 N–H and O–H groups in total. The fourth-order valence-electron chi connectivity index (χ4n) is 1.14. The third-order valence-electron chi connectivity index (χ3n) is 1.78. The molecule has 0 spiro atoms. The fourth-order valence-corrected chi connectivity index (χ4v) is 2.36. The smallest absolute Gasteiger partial charge is 0.462 e. The van der Waals surface area contributed by atoms with Crippen molar-refractivity contribution in [3.63, 3.8) is 0 Å². The van der Waals surface area contributed by atoms with Crippen LogP contribution < -0.4 is 0 Å². The Kier molecular flexibility index (Phi) is 9.69. The molecule has 0 rings (SSSR count). The lowest BCUT2D eigenvalue weighted by molar-refractivity contribution is -0.148. The molecule has 0 unspecified atom stereocenters. The highest BCUT2D eigenvalue weighted by Crippen LogP contribution is 2.51. The van der Waals surface area contributed by atoms with Crippen LogP contribution in [-0.2, 0) is 37.2 Å². The molecule has 9 heteroatoms. The minimum atomic E-state index is -3.72. The van der Waals surface area contributed by atoms with Gasteiger partial charge in [0.15, 0.2) is 0 Å². The Balaban J connectivity index is 4.34. The summed E-state index contributed by atoms with van der Waals surface area (Å²) in [6.07, 6.45) is 0.998. The zero-order valence-corrected chi connectivity index (χ0v) is 13.5. The van der Waals surface area contributed by atoms with Crippen molar-refractivity contribution in [1.29, 1.82) is 0 Å². The van der Waals surface area contributed by atoms with Gasteiger partial charge in [-0.15, -0.1) is 0 Å². The van der Waals surface area contributed by atoms with Gasteiger partial charge in [-0.3, -0.25) is 13.8 Å². The van der Waals surface area contributed by atoms with Gasteiger partial charge < -0.3 is 14.0 Å². The van der Waals surface area contributed by atoms with Gasteiger partial charge in [-0.05, 0) is 20.8 Å². The summed E-state index contributed by atoms with van der Waals surface area (Å²) >= 11 is 0. The Morgan fingerprint density at radius 1 is 1.00 bits per heavy atom. The van der Waals surface area contributed by atoms with E-state index in [9.17, 15) is 14.2 Å². The normalized spacial score (nSPS) is 11.9. The Labute approximate surface area is 124 Å². The van der Waals surface area contributed by atoms with E-state index in [-0.39, 0.29) is 32.2 Å². The number of hydrogen-bond acceptors (Lipinski definition) is 8. The van der Waals surface area contributed by atoms with E-state index in [1.807, 2.05) is 0 Å². The topological polar surface area (TPSA) is 97.4 Å². The van der Waals surface area contributed by atoms with Crippen molar-refractivity contribution >= 4 is 19.8 Å². The summed E-state index contributed by atoms with van der Waals surface area (Å²) in [7, 11) is -3.72. The van der Waals surface area contributed by atoms with Crippen LogP contribution in [0.5, 0.6) is 0 Å². The number of phosphoric acid groups is 1. The molecular weight excluding hydrogens is 303 g/mol. The number of phosphoric ester groups is 1. The molecular formula is C12H21O8P. The summed E-state index contributed by atoms with van der Waals surface area (Å²) in [4.78, 5) is 21.9. The lowest BCUT2D eigenvalue weighted by Crippen LogP contribution is -2.11. The maximum absolute atomic E-state index is 12.0. The molecule has 0 saturated carbocycles. The number of carbonyl (C=O) groups is 2. The van der Waals surface area contributed by atoms with Gasteiger partial charge >= 0.3 is 19.8 Å². The molecule has 0 aromatic rings. The summed E-state index contributed by atoms with van der Waals surface area (Å²) in [6.45, 7) is 6.09. The van der Waals surface area contributed by atoms with Crippen molar-refractivity contribution in [2.45, 2.75) is 27.7 Å². The molecule has 0 saturated heterocycles. The first kappa shape index (κ1) is 19.6. The molecule has 122 valence electrons. The maximum atomic E-state index is 12.0. The molecule has 0 fully saturated rings. The van der Waals surface area contributed by atoms with Gasteiger partial charge in [0.05, 0.1) is 19.3 Å². The van der Waals surface area contributed by atoms with Crippen molar-refractivity contribution in [2.24, 2.45) is 0 Å². The summed E-state index contributed by atoms with van der Waals surface area (Å²) in [5.41, 5.74) is 0. The second kappa shape index (κ2) is 10.4. The highest BCUT2D eigenvalue weighted by atomic mass is 31.2. The van der Waals surface area contributed by atoms with Crippen molar-refractivity contribution in [1.82, 2.24) is 0 Å². The van der Waals surface area contributed by atoms with Gasteiger partial charge in [0.2, 0.25) is 0 Å². The number of ether oxygens (including phenoxy) is 2. The van der Waals surface area contributed by atoms with Crippen LogP contribution in [0.15, 0.2) is 11.8 Å². The summed E-state index contributed by atoms with van der Waals surface area (Å²) < 4.78 is 36.2. The van der Waals surface area contributed by atoms with Crippen molar-refractivity contribution in [2.75, 3.05) is 26.4 Å². The van der Waals surface area contributed by atoms with Crippen LogP contribution in [0.1, 0.15) is 27.7 Å². The maximum Gasteiger partial charge on any atom is 0.529 e. The van der Waals surface area contributed by atoms with Gasteiger partial charge in [-0.25, -0.2) is 9.36 Å². The lowest BCUT2D eigenvalue weighted by Gasteiger charge is -2.17. The molecule has 0 atom stereocenters. The molecule has 0 aliphatic rings. The molecule has 0 heterocycles. The van der Waals surface area contributed by atoms with E-state index in [4.69, 9.17) is 18.3 Å². The number of carbonyl (C=O) groups excluding carboxylic acids is 2. The highest BCUT2D eigenvalue weighted by Gasteiger charge is 2.27. The fraction of sp³-hybridized carbons (Fsp3) is 0.667. The van der Waals surface area contributed by atoms with E-state index in [1.165, 1.54) is 13.8 Å². The van der Waals surface area contributed by atoms with Crippen LogP contribution >= 0.6 is 7.82 Å². The summed E-state index contributed by atoms with van der Waals surface area (Å²) in [5.74, 6) is -1.16. The monoisotopic (exact) mass is 324 g/mol. The molecule has 0 aromatic heterocycles. The third kappa shape index (κ3) is 10.1. The first-order valence-corrected chi connectivity index (χ1v) is 7.86. The van der Waals surface area contributed by atoms with Crippen LogP contribution in [0.4, 0.5) is 0 Å². The largest absolute Gasteiger partial charge is 0.529 e. The van der Waals surface area contributed by atoms with Crippen LogP contribution in [0, 0.1) is 0 Å². The first-order valence-electron chi connectivity index (χ1n) is 6.40. The first-order chi connectivity index (χ1) is 9.83. The minimum absolute atomic E-state index is 0.0257. The summed E-state index contributed by atoms with van der Waals surface area (Å²) in [5, 5.41) is 0. The number of esters is 2. The zero-order chi connectivity index (χ0) is 16.3. The van der Waals surface area contributed by atoms with E-state index in [2.05, 4.69) is 4.74 Å². The van der Waals surface area contributed by atoms with Gasteiger partial charge in [0, 0.05) is 6.92 Å². The van der Waals surface area contributed by atoms with E-state index in [0.29, 0.717) is 0 Å². The number of hydrogen-bond donors (Lipinski definition) is 0. The number of rotatable bonds is 10. The van der Waals surface area contributed by atoms with Crippen LogP contribution in [0.3, 0.4) is 0 Å². The second-order valence-electron chi connectivity index (χ2n) is 3.64. The quantitative estimate of drug-likeness (QED) is 0.198. The van der Waals surface area contributed by atoms with Gasteiger partial charge in [0.25, 0.3) is 0 Å². The molecule has 0 bridgehead atoms. The minimum Gasteiger partial charge on any atom is -0.462 e. The van der Waals surface area contributed by atoms with Gasteiger partial charge in [-0.2, -0.15) is 0 Å². The van der Waals surface area contributed by atoms with Gasteiger partial charge in [0.1, 0.15) is 19.0 Å². The molecule has 0 aromatic carbocycles. The number of allylic oxidation sites excluding steroid dienone is 1. The zero-order valence-electron chi connectivity index (χ0n) is 12.6. The van der Waals surface area contributed by atoms with Crippen LogP contribution in [0.25, 0.3) is 0 Å². The van der Waals surface area contributed by atoms with Crippen molar-refractivity contribution < 1.29 is 37.2 Å². The molecule has 0 aliphatic heterocycles. The molecule has 8 nitrogen and oxygen atoms in total. The second-order valence-corrected chi connectivity index (χ2v) is 5.23. The third-order valence-corrected chi connectivity index (χ3v) is 3.44. The highest BCUT2D eigenvalue weighted by molar-refractivity contribution is 7.48. The Bertz CT molecular complexity index is 407. The van der Waals surface area contributed by atoms with Gasteiger partial charge in [-0.1, -0.05) is 0 Å². The van der Waals surface area contributed by atoms with Crippen LogP contribution in [0.2, 0.25) is 0 Å². The predicted molar refractivity (Wildman–Crippen MR) is 73.3 cm³/mol. The van der Waals surface area contributed by atoms with E-state index < -0.39 is 19.8 Å². The Morgan fingerprint density at radius 2 is 1.52 bits per heavy atom. The predicted octanol–water partition coefficient (Wildman–Crippen LogP) is 2.19. The Hall–Kier alpha value is -1.37. The van der Waals surface area contributed by atoms with E-state index in [1.54, 1.807) is 13.8 Å². The SMILES string of the molecule is CCOP(=O)(OCC)OC(C)=CC(=O)OCCOC(C)=O. The van der Waals surface area contributed by atoms with E-state index >= 15 is 0 Å². The van der Waals surface area contributed by atoms with Crippen LogP contribution in [-0.4, -0.2) is 38.4 Å². The average molecular weight is 324 g/mol. The lowest BCUT2D eigenvalue weighted by atomic mass is 10.5. The van der Waals surface area contributed by atoms with Crippen molar-refractivity contribution in [3.05, 3.63) is 11.8 Å². The standard InChI is InChI=1S/C12H21O8P/c1-5-18-21(15,19-6-2)20-10(3)9-12(14)17-8-7-16-11(4)13/h9H,5-8H2,1-4H3. The average Bonchev–Trinajstić information content (AvgIpc) is 2.34. The molecule has 0 radical (unpaired) electrons. The molecule has 0 amide bonds. The molecule has 21 heavy (non-hydrogen) atoms. The Morgan fingerprint density at radius 3 is 2.00 bits per heavy atom. The molecule has 0 aliphatic carbocycles. The van der Waals surface area contributed by atoms with E-state index in [0.717, 1.165) is 6.08 Å². The summed E-state index contributed by atoms with van der Waals surface area (Å²) in [6, 6.07) is 0. The van der Waals surface area contributed by atoms with Crippen molar-refractivity contribution in [3.8, 4) is 0 Å².